The van der Waals surface area contributed by atoms with Gasteiger partial charge in [0.2, 0.25) is 5.91 Å². The fourth-order valence-corrected chi connectivity index (χ4v) is 3.24. The summed E-state index contributed by atoms with van der Waals surface area (Å²) in [5, 5.41) is 5.59. The highest BCUT2D eigenvalue weighted by atomic mass is 16.5. The molecule has 1 saturated heterocycles. The minimum absolute atomic E-state index is 0.0353. The number of rotatable bonds is 7. The Morgan fingerprint density at radius 2 is 1.72 bits per heavy atom. The molecule has 1 atom stereocenters. The van der Waals surface area contributed by atoms with Crippen LogP contribution in [0.2, 0.25) is 0 Å². The van der Waals surface area contributed by atoms with Crippen LogP contribution >= 0.6 is 0 Å². The van der Waals surface area contributed by atoms with Gasteiger partial charge in [0.25, 0.3) is 0 Å². The van der Waals surface area contributed by atoms with Crippen molar-refractivity contribution in [2.24, 2.45) is 5.92 Å². The Morgan fingerprint density at radius 1 is 1.03 bits per heavy atom. The number of urea groups is 1. The predicted molar refractivity (Wildman–Crippen MR) is 110 cm³/mol. The van der Waals surface area contributed by atoms with Crippen LogP contribution < -0.4 is 29.7 Å². The van der Waals surface area contributed by atoms with Gasteiger partial charge in [-0.15, -0.1) is 0 Å². The molecule has 0 aromatic heterocycles. The molecule has 8 nitrogen and oxygen atoms in total. The monoisotopic (exact) mass is 399 g/mol. The van der Waals surface area contributed by atoms with Gasteiger partial charge in [-0.25, -0.2) is 4.79 Å². The Morgan fingerprint density at radius 3 is 2.38 bits per heavy atom. The van der Waals surface area contributed by atoms with Gasteiger partial charge < -0.3 is 29.7 Å². The molecule has 1 heterocycles. The topological polar surface area (TPSA) is 89.1 Å². The molecule has 29 heavy (non-hydrogen) atoms. The van der Waals surface area contributed by atoms with E-state index in [4.69, 9.17) is 14.2 Å². The number of anilines is 2. The fraction of sp³-hybridized carbons (Fsp3) is 0.333. The van der Waals surface area contributed by atoms with Crippen molar-refractivity contribution >= 4 is 23.3 Å². The second kappa shape index (κ2) is 9.18. The molecule has 1 aliphatic heterocycles. The number of hydrogen-bond donors (Lipinski definition) is 2. The third-order valence-corrected chi connectivity index (χ3v) is 4.80. The van der Waals surface area contributed by atoms with E-state index in [1.807, 2.05) is 24.3 Å². The van der Waals surface area contributed by atoms with Gasteiger partial charge >= 0.3 is 6.03 Å². The first-order valence-corrected chi connectivity index (χ1v) is 9.25. The standard InChI is InChI=1S/C21H25N3O5/c1-27-16-6-4-15(5-7-16)24-13-14(10-20(24)25)12-22-21(26)23-18-9-8-17(28-2)11-19(18)29-3/h4-9,11,14H,10,12-13H2,1-3H3,(H2,22,23,26)/t14-/m1/s1. The number of carbonyl (C=O) groups excluding carboxylic acids is 2. The van der Waals surface area contributed by atoms with Crippen LogP contribution in [-0.2, 0) is 4.79 Å². The van der Waals surface area contributed by atoms with Crippen LogP contribution in [-0.4, -0.2) is 46.4 Å². The van der Waals surface area contributed by atoms with E-state index < -0.39 is 0 Å². The molecule has 0 radical (unpaired) electrons. The lowest BCUT2D eigenvalue weighted by Gasteiger charge is -2.17. The zero-order valence-electron chi connectivity index (χ0n) is 16.7. The summed E-state index contributed by atoms with van der Waals surface area (Å²) < 4.78 is 15.6. The number of nitrogens with one attached hydrogen (secondary N) is 2. The normalized spacial score (nSPS) is 15.8. The smallest absolute Gasteiger partial charge is 0.319 e. The van der Waals surface area contributed by atoms with Crippen molar-refractivity contribution in [3.63, 3.8) is 0 Å². The van der Waals surface area contributed by atoms with Gasteiger partial charge in [0, 0.05) is 37.2 Å². The van der Waals surface area contributed by atoms with E-state index in [0.29, 0.717) is 36.7 Å². The Bertz CT molecular complexity index is 869. The first-order chi connectivity index (χ1) is 14.0. The van der Waals surface area contributed by atoms with Crippen LogP contribution in [0.4, 0.5) is 16.2 Å². The van der Waals surface area contributed by atoms with Crippen LogP contribution in [0.3, 0.4) is 0 Å². The summed E-state index contributed by atoms with van der Waals surface area (Å²) in [4.78, 5) is 26.4. The van der Waals surface area contributed by atoms with Gasteiger partial charge in [-0.1, -0.05) is 0 Å². The Hall–Kier alpha value is -3.42. The summed E-state index contributed by atoms with van der Waals surface area (Å²) in [7, 11) is 4.69. The molecule has 0 saturated carbocycles. The summed E-state index contributed by atoms with van der Waals surface area (Å²) in [6.07, 6.45) is 0.387. The van der Waals surface area contributed by atoms with Crippen molar-refractivity contribution in [3.05, 3.63) is 42.5 Å². The average Bonchev–Trinajstić information content (AvgIpc) is 3.13. The summed E-state index contributed by atoms with van der Waals surface area (Å²) in [6, 6.07) is 12.1. The zero-order valence-corrected chi connectivity index (χ0v) is 16.7. The maximum absolute atomic E-state index is 12.4. The van der Waals surface area contributed by atoms with Crippen LogP contribution in [0.15, 0.2) is 42.5 Å². The molecule has 3 rings (SSSR count). The molecule has 8 heteroatoms. The maximum atomic E-state index is 12.4. The molecule has 0 spiro atoms. The Labute approximate surface area is 169 Å². The molecular weight excluding hydrogens is 374 g/mol. The van der Waals surface area contributed by atoms with Gasteiger partial charge in [0.05, 0.1) is 27.0 Å². The van der Waals surface area contributed by atoms with Gasteiger partial charge in [-0.2, -0.15) is 0 Å². The quantitative estimate of drug-likeness (QED) is 0.747. The number of ether oxygens (including phenoxy) is 3. The molecule has 1 fully saturated rings. The Kier molecular flexibility index (Phi) is 6.43. The number of benzene rings is 2. The largest absolute Gasteiger partial charge is 0.497 e. The van der Waals surface area contributed by atoms with Gasteiger partial charge in [0.1, 0.15) is 17.2 Å². The molecular formula is C21H25N3O5. The Balaban J connectivity index is 1.53. The van der Waals surface area contributed by atoms with E-state index in [-0.39, 0.29) is 17.9 Å². The molecule has 2 aromatic carbocycles. The molecule has 0 bridgehead atoms. The number of carbonyl (C=O) groups is 2. The molecule has 2 aromatic rings. The first-order valence-electron chi connectivity index (χ1n) is 9.25. The molecule has 0 aliphatic carbocycles. The van der Waals surface area contributed by atoms with Crippen LogP contribution in [0, 0.1) is 5.92 Å². The van der Waals surface area contributed by atoms with Gasteiger partial charge in [-0.3, -0.25) is 4.79 Å². The van der Waals surface area contributed by atoms with Crippen molar-refractivity contribution in [1.82, 2.24) is 5.32 Å². The summed E-state index contributed by atoms with van der Waals surface area (Å²) in [6.45, 7) is 0.944. The fourth-order valence-electron chi connectivity index (χ4n) is 3.24. The van der Waals surface area contributed by atoms with E-state index in [1.165, 1.54) is 7.11 Å². The lowest BCUT2D eigenvalue weighted by Crippen LogP contribution is -2.34. The van der Waals surface area contributed by atoms with E-state index in [9.17, 15) is 9.59 Å². The second-order valence-electron chi connectivity index (χ2n) is 6.67. The lowest BCUT2D eigenvalue weighted by atomic mass is 10.1. The average molecular weight is 399 g/mol. The summed E-state index contributed by atoms with van der Waals surface area (Å²) >= 11 is 0. The first kappa shape index (κ1) is 20.3. The maximum Gasteiger partial charge on any atom is 0.319 e. The highest BCUT2D eigenvalue weighted by Crippen LogP contribution is 2.29. The molecule has 2 N–H and O–H groups in total. The van der Waals surface area contributed by atoms with E-state index >= 15 is 0 Å². The number of amides is 3. The third kappa shape index (κ3) is 4.90. The van der Waals surface area contributed by atoms with Crippen molar-refractivity contribution < 1.29 is 23.8 Å². The minimum Gasteiger partial charge on any atom is -0.497 e. The van der Waals surface area contributed by atoms with Crippen molar-refractivity contribution in [1.29, 1.82) is 0 Å². The summed E-state index contributed by atoms with van der Waals surface area (Å²) in [5.74, 6) is 1.95. The van der Waals surface area contributed by atoms with Crippen LogP contribution in [0.5, 0.6) is 17.2 Å². The van der Waals surface area contributed by atoms with E-state index in [1.54, 1.807) is 37.3 Å². The number of methoxy groups -OCH3 is 3. The van der Waals surface area contributed by atoms with Crippen LogP contribution in [0.1, 0.15) is 6.42 Å². The highest BCUT2D eigenvalue weighted by molar-refractivity contribution is 5.96. The third-order valence-electron chi connectivity index (χ3n) is 4.80. The molecule has 3 amide bonds. The van der Waals surface area contributed by atoms with E-state index in [2.05, 4.69) is 10.6 Å². The summed E-state index contributed by atoms with van der Waals surface area (Å²) in [5.41, 5.74) is 1.36. The van der Waals surface area contributed by atoms with Crippen molar-refractivity contribution in [2.75, 3.05) is 44.6 Å². The second-order valence-corrected chi connectivity index (χ2v) is 6.67. The van der Waals surface area contributed by atoms with Crippen molar-refractivity contribution in [3.8, 4) is 17.2 Å². The SMILES string of the molecule is COc1ccc(N2C[C@@H](CNC(=O)Nc3ccc(OC)cc3OC)CC2=O)cc1. The van der Waals surface area contributed by atoms with Crippen molar-refractivity contribution in [2.45, 2.75) is 6.42 Å². The number of hydrogen-bond acceptors (Lipinski definition) is 5. The molecule has 154 valence electrons. The van der Waals surface area contributed by atoms with E-state index in [0.717, 1.165) is 11.4 Å². The lowest BCUT2D eigenvalue weighted by molar-refractivity contribution is -0.117. The van der Waals surface area contributed by atoms with Crippen LogP contribution in [0.25, 0.3) is 0 Å². The molecule has 0 unspecified atom stereocenters. The molecule has 1 aliphatic rings. The zero-order chi connectivity index (χ0) is 20.8. The van der Waals surface area contributed by atoms with Gasteiger partial charge in [-0.05, 0) is 36.4 Å². The van der Waals surface area contributed by atoms with Gasteiger partial charge in [0.15, 0.2) is 0 Å². The highest BCUT2D eigenvalue weighted by Gasteiger charge is 2.30. The number of nitrogens with zero attached hydrogens (tertiary/aromatic N) is 1. The minimum atomic E-state index is -0.358. The predicted octanol–water partition coefficient (Wildman–Crippen LogP) is 2.89.